The van der Waals surface area contributed by atoms with Crippen molar-refractivity contribution in [1.82, 2.24) is 0 Å². The van der Waals surface area contributed by atoms with Crippen molar-refractivity contribution in [2.75, 3.05) is 31.1 Å². The maximum Gasteiger partial charge on any atom is 0.0951 e. The third-order valence-corrected chi connectivity index (χ3v) is 6.25. The lowest BCUT2D eigenvalue weighted by Crippen LogP contribution is -3.18. The van der Waals surface area contributed by atoms with Crippen LogP contribution in [0.5, 0.6) is 0 Å². The number of fused-ring (bicyclic) bond motifs is 1. The van der Waals surface area contributed by atoms with E-state index in [4.69, 9.17) is 0 Å². The number of rotatable bonds is 2. The lowest BCUT2D eigenvalue weighted by atomic mass is 9.87. The van der Waals surface area contributed by atoms with Crippen LogP contribution in [0.1, 0.15) is 28.7 Å². The molecular weight excluding hydrogens is 292 g/mol. The van der Waals surface area contributed by atoms with Crippen molar-refractivity contribution in [3.63, 3.8) is 0 Å². The minimum Gasteiger partial charge on any atom is -0.360 e. The number of hydrogen-bond donors (Lipinski definition) is 1. The lowest BCUT2D eigenvalue weighted by Gasteiger charge is -2.39. The van der Waals surface area contributed by atoms with Gasteiger partial charge in [-0.3, -0.25) is 0 Å². The van der Waals surface area contributed by atoms with E-state index in [2.05, 4.69) is 61.2 Å². The average molecular weight is 321 g/mol. The molecule has 1 heterocycles. The molecule has 2 aromatic rings. The van der Waals surface area contributed by atoms with Gasteiger partial charge in [0.15, 0.2) is 0 Å². The summed E-state index contributed by atoms with van der Waals surface area (Å²) in [4.78, 5) is 4.42. The molecule has 24 heavy (non-hydrogen) atoms. The Balaban J connectivity index is 1.41. The van der Waals surface area contributed by atoms with E-state index in [1.807, 2.05) is 4.90 Å². The van der Waals surface area contributed by atoms with Crippen LogP contribution in [0.3, 0.4) is 0 Å². The van der Waals surface area contributed by atoms with Crippen LogP contribution >= 0.6 is 0 Å². The molecule has 0 amide bonds. The number of piperazine rings is 1. The number of anilines is 1. The van der Waals surface area contributed by atoms with Crippen molar-refractivity contribution in [1.29, 1.82) is 0 Å². The van der Waals surface area contributed by atoms with Crippen LogP contribution in [0.15, 0.2) is 42.5 Å². The van der Waals surface area contributed by atoms with E-state index in [0.717, 1.165) is 6.04 Å². The molecule has 0 unspecified atom stereocenters. The first-order valence-corrected chi connectivity index (χ1v) is 9.45. The number of quaternary nitrogens is 1. The molecule has 1 aliphatic carbocycles. The third kappa shape index (κ3) is 2.95. The van der Waals surface area contributed by atoms with Crippen LogP contribution in [0.2, 0.25) is 0 Å². The monoisotopic (exact) mass is 321 g/mol. The SMILES string of the molecule is Cc1cccc(N2CC[NH+]([C@@H]3CCc4ccccc4C3)CC2)c1C. The fraction of sp³-hybridized carbons (Fsp3) is 0.455. The number of aryl methyl sites for hydroxylation is 2. The lowest BCUT2D eigenvalue weighted by molar-refractivity contribution is -0.926. The summed E-state index contributed by atoms with van der Waals surface area (Å²) in [5, 5.41) is 0. The minimum absolute atomic E-state index is 0.820. The smallest absolute Gasteiger partial charge is 0.0951 e. The summed E-state index contributed by atoms with van der Waals surface area (Å²) < 4.78 is 0. The molecule has 4 rings (SSSR count). The van der Waals surface area contributed by atoms with Gasteiger partial charge >= 0.3 is 0 Å². The van der Waals surface area contributed by atoms with E-state index >= 15 is 0 Å². The molecule has 2 aliphatic rings. The van der Waals surface area contributed by atoms with Crippen LogP contribution in [-0.4, -0.2) is 32.2 Å². The van der Waals surface area contributed by atoms with E-state index in [0.29, 0.717) is 0 Å². The van der Waals surface area contributed by atoms with Crippen molar-refractivity contribution < 1.29 is 4.90 Å². The fourth-order valence-electron chi connectivity index (χ4n) is 4.57. The van der Waals surface area contributed by atoms with Crippen molar-refractivity contribution in [3.8, 4) is 0 Å². The third-order valence-electron chi connectivity index (χ3n) is 6.25. The number of nitrogens with one attached hydrogen (secondary N) is 1. The van der Waals surface area contributed by atoms with Crippen LogP contribution in [-0.2, 0) is 12.8 Å². The van der Waals surface area contributed by atoms with Gasteiger partial charge in [0.05, 0.1) is 32.2 Å². The second kappa shape index (κ2) is 6.60. The minimum atomic E-state index is 0.820. The quantitative estimate of drug-likeness (QED) is 0.893. The van der Waals surface area contributed by atoms with E-state index in [1.165, 1.54) is 62.3 Å². The summed E-state index contributed by atoms with van der Waals surface area (Å²) in [6, 6.07) is 16.6. The zero-order valence-electron chi connectivity index (χ0n) is 15.0. The largest absolute Gasteiger partial charge is 0.360 e. The molecule has 1 atom stereocenters. The van der Waals surface area contributed by atoms with E-state index < -0.39 is 0 Å². The van der Waals surface area contributed by atoms with Gasteiger partial charge in [-0.1, -0.05) is 36.4 Å². The van der Waals surface area contributed by atoms with Gasteiger partial charge in [0.2, 0.25) is 0 Å². The van der Waals surface area contributed by atoms with Gasteiger partial charge in [-0.15, -0.1) is 0 Å². The van der Waals surface area contributed by atoms with Gasteiger partial charge in [-0.2, -0.15) is 0 Å². The highest BCUT2D eigenvalue weighted by atomic mass is 15.3. The molecule has 1 saturated heterocycles. The Kier molecular flexibility index (Phi) is 4.32. The van der Waals surface area contributed by atoms with Crippen molar-refractivity contribution in [2.45, 2.75) is 39.2 Å². The maximum absolute atomic E-state index is 2.60. The average Bonchev–Trinajstić information content (AvgIpc) is 2.64. The predicted molar refractivity (Wildman–Crippen MR) is 101 cm³/mol. The number of benzene rings is 2. The zero-order chi connectivity index (χ0) is 16.5. The zero-order valence-corrected chi connectivity index (χ0v) is 15.0. The van der Waals surface area contributed by atoms with Crippen LogP contribution in [0.25, 0.3) is 0 Å². The van der Waals surface area contributed by atoms with Gasteiger partial charge in [0.25, 0.3) is 0 Å². The van der Waals surface area contributed by atoms with Gasteiger partial charge in [-0.25, -0.2) is 0 Å². The van der Waals surface area contributed by atoms with Gasteiger partial charge in [-0.05, 0) is 48.6 Å². The highest BCUT2D eigenvalue weighted by molar-refractivity contribution is 5.56. The summed E-state index contributed by atoms with van der Waals surface area (Å²) in [5.74, 6) is 0. The van der Waals surface area contributed by atoms with Gasteiger partial charge in [0, 0.05) is 18.5 Å². The maximum atomic E-state index is 2.60. The van der Waals surface area contributed by atoms with Crippen molar-refractivity contribution in [2.24, 2.45) is 0 Å². The molecule has 0 radical (unpaired) electrons. The summed E-state index contributed by atoms with van der Waals surface area (Å²) in [6.45, 7) is 9.43. The molecule has 2 aromatic carbocycles. The normalized spacial score (nSPS) is 21.6. The molecule has 1 fully saturated rings. The first kappa shape index (κ1) is 15.7. The number of hydrogen-bond acceptors (Lipinski definition) is 1. The summed E-state index contributed by atoms with van der Waals surface area (Å²) in [6.07, 6.45) is 3.90. The van der Waals surface area contributed by atoms with E-state index in [-0.39, 0.29) is 0 Å². The van der Waals surface area contributed by atoms with Crippen LogP contribution in [0.4, 0.5) is 5.69 Å². The van der Waals surface area contributed by atoms with E-state index in [1.54, 1.807) is 11.1 Å². The summed E-state index contributed by atoms with van der Waals surface area (Å²) in [7, 11) is 0. The Morgan fingerprint density at radius 1 is 0.917 bits per heavy atom. The van der Waals surface area contributed by atoms with Crippen LogP contribution < -0.4 is 9.80 Å². The first-order chi connectivity index (χ1) is 11.7. The van der Waals surface area contributed by atoms with E-state index in [9.17, 15) is 0 Å². The highest BCUT2D eigenvalue weighted by Gasteiger charge is 2.30. The molecule has 0 spiro atoms. The first-order valence-electron chi connectivity index (χ1n) is 9.45. The molecule has 0 aromatic heterocycles. The Hall–Kier alpha value is -1.80. The topological polar surface area (TPSA) is 7.68 Å². The Morgan fingerprint density at radius 2 is 1.67 bits per heavy atom. The van der Waals surface area contributed by atoms with Gasteiger partial charge in [0.1, 0.15) is 0 Å². The highest BCUT2D eigenvalue weighted by Crippen LogP contribution is 2.23. The fourth-order valence-corrected chi connectivity index (χ4v) is 4.57. The van der Waals surface area contributed by atoms with Crippen LogP contribution in [0, 0.1) is 13.8 Å². The molecule has 1 N–H and O–H groups in total. The Labute approximate surface area is 146 Å². The Bertz CT molecular complexity index is 714. The summed E-state index contributed by atoms with van der Waals surface area (Å²) >= 11 is 0. The standard InChI is InChI=1S/C22H28N2/c1-17-6-5-9-22(18(17)2)24-14-12-23(13-15-24)21-11-10-19-7-3-4-8-20(19)16-21/h3-9,21H,10-16H2,1-2H3/p+1/t21-/m1/s1. The summed E-state index contributed by atoms with van der Waals surface area (Å²) in [5.41, 5.74) is 7.49. The molecule has 2 heteroatoms. The predicted octanol–water partition coefficient (Wildman–Crippen LogP) is 2.57. The molecule has 1 aliphatic heterocycles. The number of nitrogens with zero attached hydrogens (tertiary/aromatic N) is 1. The Morgan fingerprint density at radius 3 is 2.46 bits per heavy atom. The molecular formula is C22H29N2+. The molecule has 2 nitrogen and oxygen atoms in total. The molecule has 126 valence electrons. The van der Waals surface area contributed by atoms with Crippen molar-refractivity contribution >= 4 is 5.69 Å². The second-order valence-corrected chi connectivity index (χ2v) is 7.57. The molecule has 0 bridgehead atoms. The molecule has 0 saturated carbocycles. The second-order valence-electron chi connectivity index (χ2n) is 7.57. The van der Waals surface area contributed by atoms with Gasteiger partial charge < -0.3 is 9.80 Å². The van der Waals surface area contributed by atoms with Crippen molar-refractivity contribution in [3.05, 3.63) is 64.7 Å².